The quantitative estimate of drug-likeness (QED) is 0.360. The van der Waals surface area contributed by atoms with Crippen LogP contribution in [0.5, 0.6) is 0 Å². The molecule has 1 aromatic carbocycles. The van der Waals surface area contributed by atoms with Crippen LogP contribution in [0.3, 0.4) is 0 Å². The lowest BCUT2D eigenvalue weighted by Gasteiger charge is -2.36. The Bertz CT molecular complexity index is 971. The van der Waals surface area contributed by atoms with Crippen molar-refractivity contribution in [1.29, 1.82) is 0 Å². The van der Waals surface area contributed by atoms with Crippen molar-refractivity contribution >= 4 is 61.0 Å². The first-order valence-corrected chi connectivity index (χ1v) is 8.63. The molecule has 2 rings (SSSR count). The van der Waals surface area contributed by atoms with E-state index in [9.17, 15) is 13.9 Å². The van der Waals surface area contributed by atoms with Crippen molar-refractivity contribution in [3.05, 3.63) is 58.5 Å². The summed E-state index contributed by atoms with van der Waals surface area (Å²) in [6, 6.07) is 3.79. The highest BCUT2D eigenvalue weighted by Crippen LogP contribution is 2.22. The minimum atomic E-state index is -2.50. The molecule has 0 saturated carbocycles. The van der Waals surface area contributed by atoms with E-state index in [2.05, 4.69) is 25.6 Å². The molecular weight excluding hydrogens is 409 g/mol. The first-order valence-electron chi connectivity index (χ1n) is 8.26. The van der Waals surface area contributed by atoms with E-state index in [1.807, 2.05) is 0 Å². The molecule has 1 heterocycles. The second-order valence-corrected chi connectivity index (χ2v) is 6.52. The third-order valence-electron chi connectivity index (χ3n) is 3.72. The molecule has 14 heteroatoms. The number of rotatable bonds is 8. The SMILES string of the molecule is [B]C([B])(O)C([B])([B])N=CC(=CN)Nc1ncc(Cl)c(NCc2cccc(F)c2F)n1. The maximum atomic E-state index is 13.8. The summed E-state index contributed by atoms with van der Waals surface area (Å²) in [4.78, 5) is 11.8. The van der Waals surface area contributed by atoms with Gasteiger partial charge in [-0.15, -0.1) is 0 Å². The van der Waals surface area contributed by atoms with E-state index in [0.717, 1.165) is 18.5 Å². The highest BCUT2D eigenvalue weighted by molar-refractivity contribution is 6.54. The number of allylic oxidation sites excluding steroid dienone is 1. The molecule has 0 amide bonds. The first kappa shape index (κ1) is 23.8. The van der Waals surface area contributed by atoms with Crippen LogP contribution in [0, 0.1) is 11.6 Å². The molecule has 0 bridgehead atoms. The smallest absolute Gasteiger partial charge is 0.229 e. The molecule has 0 fully saturated rings. The van der Waals surface area contributed by atoms with Crippen molar-refractivity contribution in [2.45, 2.75) is 17.3 Å². The summed E-state index contributed by atoms with van der Waals surface area (Å²) in [5, 5.41) is 10.4. The van der Waals surface area contributed by atoms with E-state index in [1.165, 1.54) is 18.3 Å². The third kappa shape index (κ3) is 5.99. The van der Waals surface area contributed by atoms with Crippen LogP contribution in [0.15, 0.2) is 41.3 Å². The minimum absolute atomic E-state index is 0.0140. The fourth-order valence-electron chi connectivity index (χ4n) is 1.94. The van der Waals surface area contributed by atoms with E-state index < -0.39 is 22.4 Å². The van der Waals surface area contributed by atoms with E-state index in [1.54, 1.807) is 0 Å². The minimum Gasteiger partial charge on any atom is -0.408 e. The molecule has 0 spiro atoms. The average Bonchev–Trinajstić information content (AvgIpc) is 2.67. The van der Waals surface area contributed by atoms with Gasteiger partial charge in [0.05, 0.1) is 27.6 Å². The lowest BCUT2D eigenvalue weighted by atomic mass is 9.40. The topological polar surface area (TPSA) is 108 Å². The second-order valence-electron chi connectivity index (χ2n) is 6.11. The lowest BCUT2D eigenvalue weighted by molar-refractivity contribution is 0.196. The first-order chi connectivity index (χ1) is 13.9. The summed E-state index contributed by atoms with van der Waals surface area (Å²) < 4.78 is 27.1. The van der Waals surface area contributed by atoms with Crippen molar-refractivity contribution in [3.8, 4) is 0 Å². The number of benzene rings is 1. The molecule has 0 saturated heterocycles. The van der Waals surface area contributed by atoms with Gasteiger partial charge in [-0.2, -0.15) is 4.98 Å². The number of hydrogen-bond donors (Lipinski definition) is 4. The molecule has 146 valence electrons. The van der Waals surface area contributed by atoms with Gasteiger partial charge in [0, 0.05) is 24.5 Å². The number of nitrogens with two attached hydrogens (primary N) is 1. The number of anilines is 2. The van der Waals surface area contributed by atoms with Gasteiger partial charge in [0.15, 0.2) is 17.5 Å². The molecule has 7 nitrogen and oxygen atoms in total. The van der Waals surface area contributed by atoms with Gasteiger partial charge in [-0.25, -0.2) is 13.8 Å². The van der Waals surface area contributed by atoms with Crippen LogP contribution >= 0.6 is 11.6 Å². The average molecular weight is 422 g/mol. The summed E-state index contributed by atoms with van der Waals surface area (Å²) in [5.41, 5.74) is 5.69. The van der Waals surface area contributed by atoms with E-state index >= 15 is 0 Å². The number of nitrogens with one attached hydrogen (secondary N) is 2. The molecule has 0 atom stereocenters. The Labute approximate surface area is 182 Å². The van der Waals surface area contributed by atoms with Crippen LogP contribution in [0.25, 0.3) is 0 Å². The molecule has 1 aromatic heterocycles. The Balaban J connectivity index is 2.15. The van der Waals surface area contributed by atoms with Crippen molar-refractivity contribution in [1.82, 2.24) is 9.97 Å². The van der Waals surface area contributed by atoms with Gasteiger partial charge in [-0.1, -0.05) is 23.7 Å². The molecule has 2 aromatic rings. The number of halogens is 3. The van der Waals surface area contributed by atoms with Crippen molar-refractivity contribution < 1.29 is 13.9 Å². The zero-order valence-corrected chi connectivity index (χ0v) is 16.2. The van der Waals surface area contributed by atoms with Crippen molar-refractivity contribution in [3.63, 3.8) is 0 Å². The summed E-state index contributed by atoms with van der Waals surface area (Å²) in [7, 11) is 21.5. The zero-order chi connectivity index (χ0) is 22.5. The molecule has 0 unspecified atom stereocenters. The van der Waals surface area contributed by atoms with Gasteiger partial charge in [-0.05, 0) is 16.8 Å². The number of aliphatic imine (C=N–C) groups is 1. The highest BCUT2D eigenvalue weighted by atomic mass is 35.5. The summed E-state index contributed by atoms with van der Waals surface area (Å²) in [6.07, 6.45) is 3.40. The fraction of sp³-hybridized carbons (Fsp3) is 0.188. The van der Waals surface area contributed by atoms with Gasteiger partial charge in [0.25, 0.3) is 0 Å². The molecule has 5 N–H and O–H groups in total. The Kier molecular flexibility index (Phi) is 7.54. The van der Waals surface area contributed by atoms with Gasteiger partial charge >= 0.3 is 0 Å². The van der Waals surface area contributed by atoms with Gasteiger partial charge in [0.2, 0.25) is 5.95 Å². The van der Waals surface area contributed by atoms with Crippen LogP contribution in [0.1, 0.15) is 5.56 Å². The second kappa shape index (κ2) is 9.53. The number of hydrogen-bond acceptors (Lipinski definition) is 7. The molecule has 8 radical (unpaired) electrons. The fourth-order valence-corrected chi connectivity index (χ4v) is 2.10. The van der Waals surface area contributed by atoms with Crippen LogP contribution < -0.4 is 16.4 Å². The standard InChI is InChI=1S/C16H13B4ClF2N6O/c17-15(18,16(19,20)30)27-6-9(4-24)28-14-26-7-10(21)13(29-14)25-5-8-2-1-3-11(22)12(8)23/h1-4,6-7,30H,5,24H2,(H2,25,26,28,29). The zero-order valence-electron chi connectivity index (χ0n) is 15.5. The molecule has 30 heavy (non-hydrogen) atoms. The molecule has 0 aliphatic heterocycles. The predicted octanol–water partition coefficient (Wildman–Crippen LogP) is 0.277. The van der Waals surface area contributed by atoms with Gasteiger partial charge in [0.1, 0.15) is 20.7 Å². The Morgan fingerprint density at radius 1 is 1.30 bits per heavy atom. The molecule has 0 aliphatic carbocycles. The number of nitrogens with zero attached hydrogens (tertiary/aromatic N) is 3. The monoisotopic (exact) mass is 422 g/mol. The third-order valence-corrected chi connectivity index (χ3v) is 3.99. The maximum Gasteiger partial charge on any atom is 0.229 e. The number of aromatic nitrogens is 2. The van der Waals surface area contributed by atoms with E-state index in [0.29, 0.717) is 0 Å². The lowest BCUT2D eigenvalue weighted by Crippen LogP contribution is -2.55. The maximum absolute atomic E-state index is 13.8. The van der Waals surface area contributed by atoms with Crippen molar-refractivity contribution in [2.24, 2.45) is 10.7 Å². The summed E-state index contributed by atoms with van der Waals surface area (Å²) >= 11 is 6.04. The van der Waals surface area contributed by atoms with Crippen LogP contribution in [0.2, 0.25) is 5.02 Å². The predicted molar refractivity (Wildman–Crippen MR) is 116 cm³/mol. The van der Waals surface area contributed by atoms with Crippen LogP contribution in [0.4, 0.5) is 20.5 Å². The highest BCUT2D eigenvalue weighted by Gasteiger charge is 2.31. The number of aliphatic hydroxyl groups is 1. The van der Waals surface area contributed by atoms with Gasteiger partial charge < -0.3 is 26.5 Å². The Morgan fingerprint density at radius 3 is 2.63 bits per heavy atom. The Morgan fingerprint density at radius 2 is 2.00 bits per heavy atom. The van der Waals surface area contributed by atoms with E-state index in [4.69, 9.17) is 48.7 Å². The Hall–Kier alpha value is -2.52. The van der Waals surface area contributed by atoms with Crippen molar-refractivity contribution in [2.75, 3.05) is 10.6 Å². The molecule has 0 aliphatic rings. The molecular formula is C16H13B4ClF2N6O. The van der Waals surface area contributed by atoms with Crippen LogP contribution in [-0.2, 0) is 6.54 Å². The normalized spacial score (nSPS) is 12.9. The summed E-state index contributed by atoms with van der Waals surface area (Å²) in [5.74, 6) is -1.80. The largest absolute Gasteiger partial charge is 0.408 e. The van der Waals surface area contributed by atoms with Crippen LogP contribution in [-0.4, -0.2) is 63.4 Å². The van der Waals surface area contributed by atoms with E-state index in [-0.39, 0.29) is 34.6 Å². The summed E-state index contributed by atoms with van der Waals surface area (Å²) in [6.45, 7) is -0.0880. The van der Waals surface area contributed by atoms with Gasteiger partial charge in [-0.3, -0.25) is 0 Å².